The van der Waals surface area contributed by atoms with E-state index in [1.54, 1.807) is 0 Å². The maximum absolute atomic E-state index is 9.09. The van der Waals surface area contributed by atoms with Crippen LogP contribution in [0.3, 0.4) is 0 Å². The summed E-state index contributed by atoms with van der Waals surface area (Å²) in [5.41, 5.74) is 0. The van der Waals surface area contributed by atoms with E-state index in [1.807, 2.05) is 4.90 Å². The average Bonchev–Trinajstić information content (AvgIpc) is 2.29. The Labute approximate surface area is 96.7 Å². The van der Waals surface area contributed by atoms with Gasteiger partial charge in [0.25, 0.3) is 0 Å². The zero-order valence-electron chi connectivity index (χ0n) is 9.56. The Morgan fingerprint density at radius 3 is 2.25 bits per heavy atom. The Bertz CT molecular complexity index is 328. The lowest BCUT2D eigenvalue weighted by Crippen LogP contribution is -2.44. The van der Waals surface area contributed by atoms with Crippen LogP contribution in [0.15, 0.2) is 0 Å². The highest BCUT2D eigenvalue weighted by molar-refractivity contribution is 5.00. The van der Waals surface area contributed by atoms with Gasteiger partial charge >= 0.3 is 0 Å². The molecule has 1 aliphatic rings. The van der Waals surface area contributed by atoms with Crippen molar-refractivity contribution in [3.63, 3.8) is 0 Å². The molecule has 4 nitrogen and oxygen atoms in total. The fourth-order valence-electron chi connectivity index (χ4n) is 2.38. The van der Waals surface area contributed by atoms with Gasteiger partial charge < -0.3 is 0 Å². The first-order valence-electron chi connectivity index (χ1n) is 5.60. The fourth-order valence-corrected chi connectivity index (χ4v) is 2.38. The Morgan fingerprint density at radius 2 is 1.75 bits per heavy atom. The monoisotopic (exact) mass is 216 g/mol. The first-order valence-corrected chi connectivity index (χ1v) is 5.60. The van der Waals surface area contributed by atoms with Crippen LogP contribution in [0, 0.1) is 45.8 Å². The van der Waals surface area contributed by atoms with E-state index in [4.69, 9.17) is 15.8 Å². The molecule has 0 aromatic carbocycles. The molecule has 16 heavy (non-hydrogen) atoms. The van der Waals surface area contributed by atoms with Gasteiger partial charge in [-0.05, 0) is 25.2 Å². The van der Waals surface area contributed by atoms with Gasteiger partial charge in [-0.3, -0.25) is 4.90 Å². The standard InChI is InChI=1S/C12H16N4/c1-10-2-3-11(9-15)12(8-10)16(6-4-13)7-5-14/h10-12H,2-3,6-8H2,1H3. The molecule has 0 bridgehead atoms. The molecule has 0 radical (unpaired) electrons. The summed E-state index contributed by atoms with van der Waals surface area (Å²) < 4.78 is 0. The van der Waals surface area contributed by atoms with E-state index in [1.165, 1.54) is 0 Å². The highest BCUT2D eigenvalue weighted by atomic mass is 15.2. The van der Waals surface area contributed by atoms with Crippen LogP contribution >= 0.6 is 0 Å². The summed E-state index contributed by atoms with van der Waals surface area (Å²) in [6, 6.07) is 6.54. The zero-order chi connectivity index (χ0) is 12.0. The molecule has 3 atom stereocenters. The molecule has 0 heterocycles. The second-order valence-corrected chi connectivity index (χ2v) is 4.44. The van der Waals surface area contributed by atoms with Crippen LogP contribution in [-0.4, -0.2) is 24.0 Å². The number of rotatable bonds is 3. The van der Waals surface area contributed by atoms with Gasteiger partial charge in [0.2, 0.25) is 0 Å². The molecule has 0 aromatic heterocycles. The zero-order valence-corrected chi connectivity index (χ0v) is 9.56. The van der Waals surface area contributed by atoms with Crippen molar-refractivity contribution < 1.29 is 0 Å². The van der Waals surface area contributed by atoms with Crippen molar-refractivity contribution in [2.24, 2.45) is 11.8 Å². The molecule has 0 amide bonds. The summed E-state index contributed by atoms with van der Waals surface area (Å²) in [7, 11) is 0. The molecule has 0 aromatic rings. The normalized spacial score (nSPS) is 29.1. The topological polar surface area (TPSA) is 74.6 Å². The van der Waals surface area contributed by atoms with Crippen LogP contribution in [0.25, 0.3) is 0 Å². The Morgan fingerprint density at radius 1 is 1.12 bits per heavy atom. The first-order chi connectivity index (χ1) is 7.72. The third-order valence-electron chi connectivity index (χ3n) is 3.26. The van der Waals surface area contributed by atoms with Crippen LogP contribution < -0.4 is 0 Å². The summed E-state index contributed by atoms with van der Waals surface area (Å²) in [5, 5.41) is 26.6. The van der Waals surface area contributed by atoms with E-state index in [2.05, 4.69) is 25.1 Å². The van der Waals surface area contributed by atoms with Crippen molar-refractivity contribution in [1.29, 1.82) is 15.8 Å². The highest BCUT2D eigenvalue weighted by Gasteiger charge is 2.32. The lowest BCUT2D eigenvalue weighted by Gasteiger charge is -2.37. The van der Waals surface area contributed by atoms with Crippen molar-refractivity contribution in [1.82, 2.24) is 4.90 Å². The molecule has 84 valence electrons. The van der Waals surface area contributed by atoms with Gasteiger partial charge in [0.05, 0.1) is 37.2 Å². The van der Waals surface area contributed by atoms with Crippen LogP contribution in [0.5, 0.6) is 0 Å². The van der Waals surface area contributed by atoms with E-state index < -0.39 is 0 Å². The van der Waals surface area contributed by atoms with Gasteiger partial charge in [-0.25, -0.2) is 0 Å². The quantitative estimate of drug-likeness (QED) is 0.672. The SMILES string of the molecule is CC1CCC(C#N)C(N(CC#N)CC#N)C1. The number of hydrogen-bond acceptors (Lipinski definition) is 4. The van der Waals surface area contributed by atoms with Gasteiger partial charge in [-0.15, -0.1) is 0 Å². The smallest absolute Gasteiger partial charge is 0.0877 e. The van der Waals surface area contributed by atoms with Crippen molar-refractivity contribution in [2.75, 3.05) is 13.1 Å². The van der Waals surface area contributed by atoms with E-state index in [0.717, 1.165) is 19.3 Å². The van der Waals surface area contributed by atoms with Gasteiger partial charge in [0.15, 0.2) is 0 Å². The van der Waals surface area contributed by atoms with Crippen LogP contribution in [0.4, 0.5) is 0 Å². The average molecular weight is 216 g/mol. The summed E-state index contributed by atoms with van der Waals surface area (Å²) in [6.07, 6.45) is 2.87. The molecule has 3 unspecified atom stereocenters. The van der Waals surface area contributed by atoms with Crippen molar-refractivity contribution in [2.45, 2.75) is 32.2 Å². The maximum atomic E-state index is 9.09. The molecule has 1 rings (SSSR count). The fraction of sp³-hybridized carbons (Fsp3) is 0.750. The lowest BCUT2D eigenvalue weighted by atomic mass is 9.79. The molecule has 1 aliphatic carbocycles. The second kappa shape index (κ2) is 6.11. The molecule has 0 aliphatic heterocycles. The number of nitriles is 3. The maximum Gasteiger partial charge on any atom is 0.0877 e. The Kier molecular flexibility index (Phi) is 4.77. The van der Waals surface area contributed by atoms with E-state index in [-0.39, 0.29) is 25.0 Å². The third kappa shape index (κ3) is 2.96. The van der Waals surface area contributed by atoms with E-state index >= 15 is 0 Å². The van der Waals surface area contributed by atoms with E-state index in [9.17, 15) is 0 Å². The Balaban J connectivity index is 2.75. The third-order valence-corrected chi connectivity index (χ3v) is 3.26. The lowest BCUT2D eigenvalue weighted by molar-refractivity contribution is 0.131. The Hall–Kier alpha value is -1.57. The molecule has 0 spiro atoms. The van der Waals surface area contributed by atoms with Gasteiger partial charge in [0.1, 0.15) is 0 Å². The van der Waals surface area contributed by atoms with Gasteiger partial charge in [-0.1, -0.05) is 6.92 Å². The molecular weight excluding hydrogens is 200 g/mol. The summed E-state index contributed by atoms with van der Waals surface area (Å²) >= 11 is 0. The molecule has 1 fully saturated rings. The van der Waals surface area contributed by atoms with Gasteiger partial charge in [0, 0.05) is 6.04 Å². The molecular formula is C12H16N4. The van der Waals surface area contributed by atoms with Gasteiger partial charge in [-0.2, -0.15) is 15.8 Å². The predicted molar refractivity (Wildman–Crippen MR) is 58.7 cm³/mol. The minimum Gasteiger partial charge on any atom is -0.273 e. The number of hydrogen-bond donors (Lipinski definition) is 0. The number of nitrogens with zero attached hydrogens (tertiary/aromatic N) is 4. The predicted octanol–water partition coefficient (Wildman–Crippen LogP) is 1.66. The minimum atomic E-state index is -0.0297. The summed E-state index contributed by atoms with van der Waals surface area (Å²) in [4.78, 5) is 1.84. The molecule has 4 heteroatoms. The second-order valence-electron chi connectivity index (χ2n) is 4.44. The van der Waals surface area contributed by atoms with Crippen LogP contribution in [0.2, 0.25) is 0 Å². The van der Waals surface area contributed by atoms with Crippen molar-refractivity contribution in [3.8, 4) is 18.2 Å². The summed E-state index contributed by atoms with van der Waals surface area (Å²) in [5.74, 6) is 0.549. The summed E-state index contributed by atoms with van der Waals surface area (Å²) in [6.45, 7) is 2.64. The van der Waals surface area contributed by atoms with Crippen molar-refractivity contribution in [3.05, 3.63) is 0 Å². The first kappa shape index (κ1) is 12.5. The van der Waals surface area contributed by atoms with Crippen LogP contribution in [-0.2, 0) is 0 Å². The van der Waals surface area contributed by atoms with Crippen molar-refractivity contribution >= 4 is 0 Å². The molecule has 0 saturated heterocycles. The van der Waals surface area contributed by atoms with E-state index in [0.29, 0.717) is 5.92 Å². The highest BCUT2D eigenvalue weighted by Crippen LogP contribution is 2.31. The largest absolute Gasteiger partial charge is 0.273 e. The molecule has 0 N–H and O–H groups in total. The van der Waals surface area contributed by atoms with Crippen LogP contribution in [0.1, 0.15) is 26.2 Å². The minimum absolute atomic E-state index is 0.0297. The molecule has 1 saturated carbocycles.